The van der Waals surface area contributed by atoms with E-state index in [4.69, 9.17) is 9.47 Å². The number of rotatable bonds is 3. The molecule has 0 aliphatic carbocycles. The third-order valence-electron chi connectivity index (χ3n) is 2.92. The van der Waals surface area contributed by atoms with E-state index in [2.05, 4.69) is 20.7 Å². The zero-order valence-corrected chi connectivity index (χ0v) is 10.0. The molecule has 6 nitrogen and oxygen atoms in total. The number of aromatic amines is 1. The van der Waals surface area contributed by atoms with Crippen LogP contribution in [0.2, 0.25) is 0 Å². The third kappa shape index (κ3) is 1.91. The summed E-state index contributed by atoms with van der Waals surface area (Å²) in [4.78, 5) is 0. The van der Waals surface area contributed by atoms with Crippen molar-refractivity contribution in [2.75, 3.05) is 20.3 Å². The van der Waals surface area contributed by atoms with Crippen molar-refractivity contribution < 1.29 is 9.47 Å². The Morgan fingerprint density at radius 3 is 2.83 bits per heavy atom. The van der Waals surface area contributed by atoms with E-state index in [9.17, 15) is 0 Å². The van der Waals surface area contributed by atoms with Gasteiger partial charge in [0, 0.05) is 0 Å². The first-order valence-corrected chi connectivity index (χ1v) is 5.81. The average molecular weight is 246 g/mol. The van der Waals surface area contributed by atoms with Crippen LogP contribution in [0.5, 0.6) is 11.5 Å². The van der Waals surface area contributed by atoms with Gasteiger partial charge in [-0.25, -0.2) is 0 Å². The second-order valence-electron chi connectivity index (χ2n) is 4.02. The van der Waals surface area contributed by atoms with Gasteiger partial charge >= 0.3 is 0 Å². The van der Waals surface area contributed by atoms with E-state index in [-0.39, 0.29) is 6.04 Å². The standard InChI is InChI=1S/C12H14N4O2/c1-13-12(9-7-14-16-15-9)8-2-3-10-11(6-8)18-5-4-17-10/h2-3,6-7,12-13H,4-5H2,1H3,(H,14,15,16). The molecule has 1 unspecified atom stereocenters. The predicted octanol–water partition coefficient (Wildman–Crippen LogP) is 0.885. The van der Waals surface area contributed by atoms with E-state index in [1.54, 1.807) is 6.20 Å². The molecule has 1 aliphatic heterocycles. The lowest BCUT2D eigenvalue weighted by Gasteiger charge is -2.21. The minimum atomic E-state index is -0.0143. The van der Waals surface area contributed by atoms with Crippen LogP contribution >= 0.6 is 0 Å². The van der Waals surface area contributed by atoms with Crippen LogP contribution in [0.1, 0.15) is 17.3 Å². The maximum Gasteiger partial charge on any atom is 0.161 e. The van der Waals surface area contributed by atoms with Crippen LogP contribution in [0.3, 0.4) is 0 Å². The summed E-state index contributed by atoms with van der Waals surface area (Å²) in [5, 5.41) is 13.8. The van der Waals surface area contributed by atoms with Crippen molar-refractivity contribution in [2.45, 2.75) is 6.04 Å². The van der Waals surface area contributed by atoms with Gasteiger partial charge in [0.2, 0.25) is 0 Å². The molecule has 2 N–H and O–H groups in total. The molecular formula is C12H14N4O2. The number of hydrogen-bond acceptors (Lipinski definition) is 5. The molecule has 2 aromatic rings. The van der Waals surface area contributed by atoms with Gasteiger partial charge in [-0.05, 0) is 24.7 Å². The highest BCUT2D eigenvalue weighted by atomic mass is 16.6. The second-order valence-corrected chi connectivity index (χ2v) is 4.02. The van der Waals surface area contributed by atoms with Crippen molar-refractivity contribution >= 4 is 0 Å². The minimum Gasteiger partial charge on any atom is -0.486 e. The third-order valence-corrected chi connectivity index (χ3v) is 2.92. The first-order valence-electron chi connectivity index (χ1n) is 5.81. The minimum absolute atomic E-state index is 0.0143. The highest BCUT2D eigenvalue weighted by molar-refractivity contribution is 5.45. The monoisotopic (exact) mass is 246 g/mol. The first-order chi connectivity index (χ1) is 8.88. The molecular weight excluding hydrogens is 232 g/mol. The molecule has 2 heterocycles. The lowest BCUT2D eigenvalue weighted by atomic mass is 10.0. The van der Waals surface area contributed by atoms with Crippen molar-refractivity contribution in [1.29, 1.82) is 0 Å². The van der Waals surface area contributed by atoms with Gasteiger partial charge in [-0.2, -0.15) is 15.4 Å². The van der Waals surface area contributed by atoms with Crippen LogP contribution in [0.4, 0.5) is 0 Å². The number of aromatic nitrogens is 3. The zero-order chi connectivity index (χ0) is 12.4. The molecule has 1 aromatic carbocycles. The van der Waals surface area contributed by atoms with Crippen molar-refractivity contribution in [3.63, 3.8) is 0 Å². The Labute approximate surface area is 104 Å². The normalized spacial score (nSPS) is 15.4. The summed E-state index contributed by atoms with van der Waals surface area (Å²) in [7, 11) is 1.89. The highest BCUT2D eigenvalue weighted by Gasteiger charge is 2.18. The molecule has 94 valence electrons. The molecule has 6 heteroatoms. The van der Waals surface area contributed by atoms with Crippen molar-refractivity contribution in [3.8, 4) is 11.5 Å². The van der Waals surface area contributed by atoms with Gasteiger partial charge in [-0.15, -0.1) is 0 Å². The van der Waals surface area contributed by atoms with Crippen LogP contribution < -0.4 is 14.8 Å². The molecule has 0 radical (unpaired) electrons. The van der Waals surface area contributed by atoms with Crippen LogP contribution in [-0.2, 0) is 0 Å². The molecule has 1 aromatic heterocycles. The molecule has 0 spiro atoms. The van der Waals surface area contributed by atoms with E-state index in [1.165, 1.54) is 0 Å². The van der Waals surface area contributed by atoms with E-state index in [0.717, 1.165) is 22.8 Å². The van der Waals surface area contributed by atoms with E-state index in [1.807, 2.05) is 25.2 Å². The van der Waals surface area contributed by atoms with Gasteiger partial charge in [0.1, 0.15) is 18.9 Å². The molecule has 0 amide bonds. The van der Waals surface area contributed by atoms with Crippen molar-refractivity contribution in [1.82, 2.24) is 20.7 Å². The summed E-state index contributed by atoms with van der Waals surface area (Å²) in [5.74, 6) is 1.57. The zero-order valence-electron chi connectivity index (χ0n) is 10.0. The fraction of sp³-hybridized carbons (Fsp3) is 0.333. The molecule has 1 aliphatic rings. The Morgan fingerprint density at radius 2 is 2.11 bits per heavy atom. The van der Waals surface area contributed by atoms with E-state index < -0.39 is 0 Å². The van der Waals surface area contributed by atoms with Gasteiger partial charge in [0.25, 0.3) is 0 Å². The van der Waals surface area contributed by atoms with Gasteiger partial charge in [-0.3, -0.25) is 0 Å². The number of nitrogens with one attached hydrogen (secondary N) is 2. The van der Waals surface area contributed by atoms with Crippen LogP contribution in [-0.4, -0.2) is 35.7 Å². The number of hydrogen-bond donors (Lipinski definition) is 2. The van der Waals surface area contributed by atoms with Crippen LogP contribution in [0.15, 0.2) is 24.4 Å². The fourth-order valence-electron chi connectivity index (χ4n) is 2.07. The quantitative estimate of drug-likeness (QED) is 0.841. The predicted molar refractivity (Wildman–Crippen MR) is 64.7 cm³/mol. The largest absolute Gasteiger partial charge is 0.486 e. The average Bonchev–Trinajstić information content (AvgIpc) is 2.93. The Balaban J connectivity index is 1.95. The Bertz CT molecular complexity index is 527. The number of benzene rings is 1. The van der Waals surface area contributed by atoms with Gasteiger partial charge in [0.05, 0.1) is 12.2 Å². The van der Waals surface area contributed by atoms with E-state index >= 15 is 0 Å². The number of H-pyrrole nitrogens is 1. The molecule has 18 heavy (non-hydrogen) atoms. The van der Waals surface area contributed by atoms with Crippen LogP contribution in [0.25, 0.3) is 0 Å². The maximum atomic E-state index is 5.58. The van der Waals surface area contributed by atoms with Gasteiger partial charge < -0.3 is 14.8 Å². The lowest BCUT2D eigenvalue weighted by Crippen LogP contribution is -2.19. The maximum absolute atomic E-state index is 5.58. The van der Waals surface area contributed by atoms with Crippen LogP contribution in [0, 0.1) is 0 Å². The number of fused-ring (bicyclic) bond motifs is 1. The Morgan fingerprint density at radius 1 is 1.28 bits per heavy atom. The summed E-state index contributed by atoms with van der Waals surface area (Å²) < 4.78 is 11.1. The molecule has 0 saturated heterocycles. The number of ether oxygens (including phenoxy) is 2. The summed E-state index contributed by atoms with van der Waals surface area (Å²) in [6.07, 6.45) is 1.71. The summed E-state index contributed by atoms with van der Waals surface area (Å²) >= 11 is 0. The topological polar surface area (TPSA) is 72.1 Å². The van der Waals surface area contributed by atoms with Gasteiger partial charge in [0.15, 0.2) is 11.5 Å². The molecule has 0 saturated carbocycles. The first kappa shape index (κ1) is 11.0. The highest BCUT2D eigenvalue weighted by Crippen LogP contribution is 2.33. The second kappa shape index (κ2) is 4.66. The summed E-state index contributed by atoms with van der Waals surface area (Å²) in [6, 6.07) is 5.89. The van der Waals surface area contributed by atoms with Crippen molar-refractivity contribution in [2.24, 2.45) is 0 Å². The Hall–Kier alpha value is -2.08. The molecule has 0 fully saturated rings. The molecule has 3 rings (SSSR count). The summed E-state index contributed by atoms with van der Waals surface area (Å²) in [5.41, 5.74) is 1.91. The summed E-state index contributed by atoms with van der Waals surface area (Å²) in [6.45, 7) is 1.19. The smallest absolute Gasteiger partial charge is 0.161 e. The SMILES string of the molecule is CNC(c1ccc2c(c1)OCCO2)c1cn[nH]n1. The fourth-order valence-corrected chi connectivity index (χ4v) is 2.07. The molecule has 1 atom stereocenters. The van der Waals surface area contributed by atoms with Gasteiger partial charge in [-0.1, -0.05) is 6.07 Å². The Kier molecular flexibility index (Phi) is 2.85. The van der Waals surface area contributed by atoms with Crippen molar-refractivity contribution in [3.05, 3.63) is 35.7 Å². The number of nitrogens with zero attached hydrogens (tertiary/aromatic N) is 2. The van der Waals surface area contributed by atoms with E-state index in [0.29, 0.717) is 13.2 Å². The molecule has 0 bridgehead atoms. The lowest BCUT2D eigenvalue weighted by molar-refractivity contribution is 0.171.